The lowest BCUT2D eigenvalue weighted by Gasteiger charge is -2.30. The molecule has 1 amide bonds. The van der Waals surface area contributed by atoms with Gasteiger partial charge in [0.05, 0.1) is 22.9 Å². The summed E-state index contributed by atoms with van der Waals surface area (Å²) in [4.78, 5) is 36.0. The first-order valence-corrected chi connectivity index (χ1v) is 16.1. The van der Waals surface area contributed by atoms with Gasteiger partial charge in [0.1, 0.15) is 11.8 Å². The van der Waals surface area contributed by atoms with Gasteiger partial charge in [-0.25, -0.2) is 4.99 Å². The van der Waals surface area contributed by atoms with E-state index in [-0.39, 0.29) is 11.5 Å². The normalized spacial score (nSPS) is 14.9. The third-order valence-corrected chi connectivity index (χ3v) is 9.73. The molecule has 2 aromatic heterocycles. The molecule has 6 rings (SSSR count). The Hall–Kier alpha value is -4.69. The van der Waals surface area contributed by atoms with E-state index in [2.05, 4.69) is 55.7 Å². The van der Waals surface area contributed by atoms with E-state index in [4.69, 9.17) is 9.73 Å². The number of hydrogen-bond acceptors (Lipinski definition) is 5. The van der Waals surface area contributed by atoms with Crippen LogP contribution in [0, 0.1) is 20.8 Å². The molecule has 0 unspecified atom stereocenters. The van der Waals surface area contributed by atoms with Gasteiger partial charge in [-0.2, -0.15) is 0 Å². The summed E-state index contributed by atoms with van der Waals surface area (Å²) in [6.07, 6.45) is 1.96. The zero-order valence-electron chi connectivity index (χ0n) is 26.8. The number of allylic oxidation sites excluding steroid dienone is 1. The Balaban J connectivity index is 1.62. The SMILES string of the molecule is CCN(CC)C(=O)C1=C(C)N=c2s/c(=C\c3cc(C)n(-c4cccc(C)c4)c3C)c(=O)n2[C@@H]1c1c(OC)ccc2ccccc12. The molecule has 0 saturated carbocycles. The second-order valence-corrected chi connectivity index (χ2v) is 12.5. The highest BCUT2D eigenvalue weighted by Crippen LogP contribution is 2.40. The number of carbonyl (C=O) groups excluding carboxylic acids is 1. The number of aromatic nitrogens is 2. The van der Waals surface area contributed by atoms with Crippen LogP contribution in [-0.4, -0.2) is 40.1 Å². The van der Waals surface area contributed by atoms with E-state index in [9.17, 15) is 9.59 Å². The van der Waals surface area contributed by atoms with Crippen LogP contribution in [0.15, 0.2) is 87.8 Å². The smallest absolute Gasteiger partial charge is 0.271 e. The predicted octanol–water partition coefficient (Wildman–Crippen LogP) is 5.98. The van der Waals surface area contributed by atoms with Gasteiger partial charge < -0.3 is 14.2 Å². The lowest BCUT2D eigenvalue weighted by Crippen LogP contribution is -2.43. The molecule has 0 saturated heterocycles. The molecule has 8 heteroatoms. The summed E-state index contributed by atoms with van der Waals surface area (Å²) in [5, 5.41) is 1.93. The van der Waals surface area contributed by atoms with Gasteiger partial charge in [-0.1, -0.05) is 53.8 Å². The number of carbonyl (C=O) groups is 1. The molecule has 0 radical (unpaired) electrons. The quantitative estimate of drug-likeness (QED) is 0.225. The minimum atomic E-state index is -0.711. The van der Waals surface area contributed by atoms with Crippen molar-refractivity contribution in [3.05, 3.63) is 126 Å². The Bertz CT molecular complexity index is 2180. The van der Waals surface area contributed by atoms with Gasteiger partial charge in [0.2, 0.25) is 0 Å². The molecule has 7 nitrogen and oxygen atoms in total. The molecule has 0 bridgehead atoms. The van der Waals surface area contributed by atoms with Crippen molar-refractivity contribution in [2.45, 2.75) is 47.6 Å². The molecule has 1 aliphatic rings. The highest BCUT2D eigenvalue weighted by Gasteiger charge is 2.36. The van der Waals surface area contributed by atoms with Gasteiger partial charge in [-0.05, 0) is 93.8 Å². The van der Waals surface area contributed by atoms with E-state index in [1.54, 1.807) is 16.6 Å². The van der Waals surface area contributed by atoms with E-state index in [0.717, 1.165) is 39.0 Å². The fraction of sp³-hybridized carbons (Fsp3) is 0.270. The Kier molecular flexibility index (Phi) is 8.10. The monoisotopic (exact) mass is 618 g/mol. The zero-order valence-corrected chi connectivity index (χ0v) is 27.7. The third kappa shape index (κ3) is 5.13. The average Bonchev–Trinajstić information content (AvgIpc) is 3.49. The van der Waals surface area contributed by atoms with Crippen LogP contribution < -0.4 is 19.6 Å². The van der Waals surface area contributed by atoms with Gasteiger partial charge in [-0.3, -0.25) is 14.2 Å². The molecular weight excluding hydrogens is 580 g/mol. The second kappa shape index (κ2) is 12.0. The fourth-order valence-electron chi connectivity index (χ4n) is 6.52. The van der Waals surface area contributed by atoms with E-state index in [0.29, 0.717) is 39.4 Å². The Morgan fingerprint density at radius 1 is 1.00 bits per heavy atom. The number of nitrogens with zero attached hydrogens (tertiary/aromatic N) is 4. The van der Waals surface area contributed by atoms with Crippen molar-refractivity contribution < 1.29 is 9.53 Å². The van der Waals surface area contributed by atoms with Crippen LogP contribution in [0.25, 0.3) is 22.5 Å². The second-order valence-electron chi connectivity index (χ2n) is 11.5. The summed E-state index contributed by atoms with van der Waals surface area (Å²) in [6.45, 7) is 13.1. The number of ether oxygens (including phenoxy) is 1. The van der Waals surface area contributed by atoms with Gasteiger partial charge in [0, 0.05) is 35.7 Å². The average molecular weight is 619 g/mol. The number of fused-ring (bicyclic) bond motifs is 2. The van der Waals surface area contributed by atoms with E-state index in [1.807, 2.05) is 63.2 Å². The molecule has 3 aromatic carbocycles. The zero-order chi connectivity index (χ0) is 32.0. The molecule has 1 aliphatic heterocycles. The molecule has 1 atom stereocenters. The van der Waals surface area contributed by atoms with Crippen LogP contribution in [-0.2, 0) is 4.79 Å². The van der Waals surface area contributed by atoms with Gasteiger partial charge in [-0.15, -0.1) is 0 Å². The van der Waals surface area contributed by atoms with Gasteiger partial charge in [0.15, 0.2) is 4.80 Å². The largest absolute Gasteiger partial charge is 0.496 e. The fourth-order valence-corrected chi connectivity index (χ4v) is 7.56. The van der Waals surface area contributed by atoms with Crippen LogP contribution in [0.1, 0.15) is 54.9 Å². The lowest BCUT2D eigenvalue weighted by atomic mass is 9.90. The first kappa shape index (κ1) is 30.3. The lowest BCUT2D eigenvalue weighted by molar-refractivity contribution is -0.127. The maximum absolute atomic E-state index is 14.5. The Morgan fingerprint density at radius 2 is 1.76 bits per heavy atom. The van der Waals surface area contributed by atoms with E-state index >= 15 is 0 Å². The van der Waals surface area contributed by atoms with Crippen LogP contribution >= 0.6 is 11.3 Å². The minimum absolute atomic E-state index is 0.128. The minimum Gasteiger partial charge on any atom is -0.496 e. The first-order chi connectivity index (χ1) is 21.7. The highest BCUT2D eigenvalue weighted by atomic mass is 32.1. The first-order valence-electron chi connectivity index (χ1n) is 15.3. The van der Waals surface area contributed by atoms with Gasteiger partial charge in [0.25, 0.3) is 11.5 Å². The number of likely N-dealkylation sites (N-methyl/N-ethyl adjacent to an activating group) is 1. The number of rotatable bonds is 7. The number of amides is 1. The van der Waals surface area contributed by atoms with E-state index < -0.39 is 6.04 Å². The predicted molar refractivity (Wildman–Crippen MR) is 182 cm³/mol. The van der Waals surface area contributed by atoms with Crippen molar-refractivity contribution in [1.82, 2.24) is 14.0 Å². The molecule has 0 N–H and O–H groups in total. The molecule has 3 heterocycles. The maximum Gasteiger partial charge on any atom is 0.271 e. The maximum atomic E-state index is 14.5. The molecular formula is C37H38N4O3S. The van der Waals surface area contributed by atoms with Crippen molar-refractivity contribution in [3.8, 4) is 11.4 Å². The van der Waals surface area contributed by atoms with E-state index in [1.165, 1.54) is 16.9 Å². The summed E-state index contributed by atoms with van der Waals surface area (Å²) in [5.41, 5.74) is 7.06. The van der Waals surface area contributed by atoms with Crippen molar-refractivity contribution in [3.63, 3.8) is 0 Å². The van der Waals surface area contributed by atoms with Crippen molar-refractivity contribution >= 4 is 34.1 Å². The van der Waals surface area contributed by atoms with Crippen molar-refractivity contribution in [1.29, 1.82) is 0 Å². The van der Waals surface area contributed by atoms with Crippen LogP contribution in [0.2, 0.25) is 0 Å². The molecule has 45 heavy (non-hydrogen) atoms. The number of aryl methyl sites for hydroxylation is 2. The highest BCUT2D eigenvalue weighted by molar-refractivity contribution is 7.07. The Labute approximate surface area is 267 Å². The standard InChI is InChI=1S/C37H38N4O3S/c1-8-39(9-2)36(43)32-24(5)38-37-41(34(32)33-29-16-11-10-14-26(29)17-18-30(33)44-7)35(42)31(45-37)21-27-20-23(4)40(25(27)6)28-15-12-13-22(3)19-28/h10-21,34H,8-9H2,1-7H3/b31-21-/t34-/m0/s1. The molecule has 5 aromatic rings. The molecule has 230 valence electrons. The van der Waals surface area contributed by atoms with Crippen molar-refractivity contribution in [2.75, 3.05) is 20.2 Å². The molecule has 0 fully saturated rings. The van der Waals surface area contributed by atoms with Crippen molar-refractivity contribution in [2.24, 2.45) is 4.99 Å². The summed E-state index contributed by atoms with van der Waals surface area (Å²) >= 11 is 1.35. The Morgan fingerprint density at radius 3 is 2.47 bits per heavy atom. The number of hydrogen-bond donors (Lipinski definition) is 0. The number of methoxy groups -OCH3 is 1. The number of benzene rings is 3. The van der Waals surface area contributed by atoms with Crippen LogP contribution in [0.4, 0.5) is 0 Å². The topological polar surface area (TPSA) is 68.8 Å². The van der Waals surface area contributed by atoms with Crippen LogP contribution in [0.3, 0.4) is 0 Å². The number of thiazole rings is 1. The molecule has 0 aliphatic carbocycles. The molecule has 0 spiro atoms. The van der Waals surface area contributed by atoms with Gasteiger partial charge >= 0.3 is 0 Å². The summed E-state index contributed by atoms with van der Waals surface area (Å²) < 4.78 is 10.4. The van der Waals surface area contributed by atoms with Crippen LogP contribution in [0.5, 0.6) is 5.75 Å². The summed E-state index contributed by atoms with van der Waals surface area (Å²) in [5.74, 6) is 0.492. The summed E-state index contributed by atoms with van der Waals surface area (Å²) in [6, 6.07) is 21.7. The third-order valence-electron chi connectivity index (χ3n) is 8.74. The summed E-state index contributed by atoms with van der Waals surface area (Å²) in [7, 11) is 1.63.